The first-order chi connectivity index (χ1) is 12.7. The minimum absolute atomic E-state index is 0.0239. The van der Waals surface area contributed by atoms with Gasteiger partial charge in [-0.3, -0.25) is 4.79 Å². The van der Waals surface area contributed by atoms with E-state index in [0.717, 1.165) is 10.7 Å². The molecule has 4 nitrogen and oxygen atoms in total. The van der Waals surface area contributed by atoms with Crippen LogP contribution in [0.2, 0.25) is 0 Å². The van der Waals surface area contributed by atoms with E-state index in [1.807, 2.05) is 42.5 Å². The van der Waals surface area contributed by atoms with E-state index < -0.39 is 0 Å². The number of carbonyl (C=O) groups is 1. The molecule has 0 radical (unpaired) electrons. The average Bonchev–Trinajstić information content (AvgIpc) is 3.22. The number of ketones is 1. The lowest BCUT2D eigenvalue weighted by Crippen LogP contribution is -2.05. The van der Waals surface area contributed by atoms with Crippen molar-refractivity contribution in [3.8, 4) is 11.5 Å². The van der Waals surface area contributed by atoms with E-state index in [9.17, 15) is 4.79 Å². The fourth-order valence-electron chi connectivity index (χ4n) is 2.63. The summed E-state index contributed by atoms with van der Waals surface area (Å²) in [7, 11) is 3.13. The van der Waals surface area contributed by atoms with E-state index in [-0.39, 0.29) is 11.0 Å². The van der Waals surface area contributed by atoms with Crippen LogP contribution in [-0.4, -0.2) is 20.0 Å². The molecular formula is C21H20O4S. The van der Waals surface area contributed by atoms with E-state index >= 15 is 0 Å². The Morgan fingerprint density at radius 1 is 1.00 bits per heavy atom. The Hall–Kier alpha value is -2.66. The van der Waals surface area contributed by atoms with Gasteiger partial charge in [-0.2, -0.15) is 0 Å². The maximum Gasteiger partial charge on any atom is 0.164 e. The topological polar surface area (TPSA) is 48.7 Å². The zero-order valence-electron chi connectivity index (χ0n) is 14.7. The van der Waals surface area contributed by atoms with Gasteiger partial charge in [-0.15, -0.1) is 11.8 Å². The third-order valence-electron chi connectivity index (χ3n) is 3.96. The van der Waals surface area contributed by atoms with Crippen molar-refractivity contribution in [2.75, 3.05) is 14.2 Å². The summed E-state index contributed by atoms with van der Waals surface area (Å²) in [6.45, 7) is 0. The molecule has 134 valence electrons. The Balaban J connectivity index is 1.81. The molecule has 0 N–H and O–H groups in total. The molecule has 3 aromatic rings. The summed E-state index contributed by atoms with van der Waals surface area (Å²) in [5.41, 5.74) is 0.591. The number of hydrogen-bond donors (Lipinski definition) is 0. The van der Waals surface area contributed by atoms with Crippen molar-refractivity contribution >= 4 is 17.5 Å². The quantitative estimate of drug-likeness (QED) is 0.393. The maximum absolute atomic E-state index is 12.9. The summed E-state index contributed by atoms with van der Waals surface area (Å²) in [4.78, 5) is 13.9. The van der Waals surface area contributed by atoms with Crippen LogP contribution in [0, 0.1) is 0 Å². The van der Waals surface area contributed by atoms with E-state index in [0.29, 0.717) is 23.5 Å². The van der Waals surface area contributed by atoms with Gasteiger partial charge < -0.3 is 13.9 Å². The number of hydrogen-bond acceptors (Lipinski definition) is 5. The van der Waals surface area contributed by atoms with Crippen LogP contribution in [0.5, 0.6) is 11.5 Å². The predicted octanol–water partition coefficient (Wildman–Crippen LogP) is 5.40. The van der Waals surface area contributed by atoms with Gasteiger partial charge in [0.1, 0.15) is 5.76 Å². The summed E-state index contributed by atoms with van der Waals surface area (Å²) >= 11 is 1.62. The van der Waals surface area contributed by atoms with E-state index in [1.54, 1.807) is 50.4 Å². The highest BCUT2D eigenvalue weighted by Crippen LogP contribution is 2.39. The van der Waals surface area contributed by atoms with Crippen molar-refractivity contribution in [1.82, 2.24) is 0 Å². The number of rotatable bonds is 8. The monoisotopic (exact) mass is 368 g/mol. The molecule has 1 aromatic heterocycles. The summed E-state index contributed by atoms with van der Waals surface area (Å²) in [5.74, 6) is 1.96. The van der Waals surface area contributed by atoms with Crippen molar-refractivity contribution < 1.29 is 18.7 Å². The Bertz CT molecular complexity index is 844. The van der Waals surface area contributed by atoms with E-state index in [2.05, 4.69) is 0 Å². The van der Waals surface area contributed by atoms with Crippen molar-refractivity contribution in [3.63, 3.8) is 0 Å². The van der Waals surface area contributed by atoms with Crippen LogP contribution in [0.4, 0.5) is 0 Å². The van der Waals surface area contributed by atoms with Crippen LogP contribution in [0.3, 0.4) is 0 Å². The lowest BCUT2D eigenvalue weighted by atomic mass is 10.0. The van der Waals surface area contributed by atoms with Gasteiger partial charge in [-0.05, 0) is 42.5 Å². The molecule has 0 saturated carbocycles. The second-order valence-corrected chi connectivity index (χ2v) is 6.91. The number of ether oxygens (including phenoxy) is 2. The van der Waals surface area contributed by atoms with Crippen LogP contribution in [0.25, 0.3) is 0 Å². The molecular weight excluding hydrogens is 348 g/mol. The molecule has 0 spiro atoms. The zero-order valence-corrected chi connectivity index (χ0v) is 15.5. The van der Waals surface area contributed by atoms with Crippen LogP contribution in [0.15, 0.2) is 76.2 Å². The predicted molar refractivity (Wildman–Crippen MR) is 102 cm³/mol. The van der Waals surface area contributed by atoms with Gasteiger partial charge in [0.2, 0.25) is 0 Å². The molecule has 0 aliphatic rings. The highest BCUT2D eigenvalue weighted by molar-refractivity contribution is 7.99. The minimum Gasteiger partial charge on any atom is -0.493 e. The number of furan rings is 1. The Morgan fingerprint density at radius 3 is 2.42 bits per heavy atom. The molecule has 3 rings (SSSR count). The molecule has 1 atom stereocenters. The lowest BCUT2D eigenvalue weighted by Gasteiger charge is -2.14. The Morgan fingerprint density at radius 2 is 1.77 bits per heavy atom. The first-order valence-electron chi connectivity index (χ1n) is 8.21. The lowest BCUT2D eigenvalue weighted by molar-refractivity contribution is 0.0979. The number of methoxy groups -OCH3 is 2. The fraction of sp³-hybridized carbons (Fsp3) is 0.190. The molecule has 1 unspecified atom stereocenters. The minimum atomic E-state index is -0.104. The number of carbonyl (C=O) groups excluding carboxylic acids is 1. The van der Waals surface area contributed by atoms with Gasteiger partial charge in [0.15, 0.2) is 17.3 Å². The van der Waals surface area contributed by atoms with Crippen LogP contribution < -0.4 is 9.47 Å². The van der Waals surface area contributed by atoms with Gasteiger partial charge >= 0.3 is 0 Å². The Kier molecular flexibility index (Phi) is 6.02. The van der Waals surface area contributed by atoms with Gasteiger partial charge in [0, 0.05) is 16.9 Å². The van der Waals surface area contributed by atoms with Gasteiger partial charge in [0.25, 0.3) is 0 Å². The second kappa shape index (κ2) is 8.63. The number of thioether (sulfide) groups is 1. The van der Waals surface area contributed by atoms with Crippen LogP contribution >= 0.6 is 11.8 Å². The molecule has 0 bridgehead atoms. The van der Waals surface area contributed by atoms with Crippen molar-refractivity contribution in [2.45, 2.75) is 16.6 Å². The maximum atomic E-state index is 12.9. The molecule has 0 aliphatic carbocycles. The summed E-state index contributed by atoms with van der Waals surface area (Å²) < 4.78 is 16.1. The van der Waals surface area contributed by atoms with E-state index in [1.165, 1.54) is 0 Å². The smallest absolute Gasteiger partial charge is 0.164 e. The average molecular weight is 368 g/mol. The third kappa shape index (κ3) is 4.29. The van der Waals surface area contributed by atoms with E-state index in [4.69, 9.17) is 13.9 Å². The van der Waals surface area contributed by atoms with Gasteiger partial charge in [0.05, 0.1) is 25.7 Å². The molecule has 0 saturated heterocycles. The third-order valence-corrected chi connectivity index (χ3v) is 5.19. The molecule has 1 heterocycles. The highest BCUT2D eigenvalue weighted by atomic mass is 32.2. The van der Waals surface area contributed by atoms with Crippen molar-refractivity contribution in [3.05, 3.63) is 78.3 Å². The number of benzene rings is 2. The largest absolute Gasteiger partial charge is 0.493 e. The molecule has 5 heteroatoms. The first-order valence-corrected chi connectivity index (χ1v) is 9.09. The standard InChI is InChI=1S/C21H20O4S/c1-23-18-11-10-15(13-20(18)24-2)17(22)14-21(19-9-6-12-25-19)26-16-7-4-3-5-8-16/h3-13,21H,14H2,1-2H3. The summed E-state index contributed by atoms with van der Waals surface area (Å²) in [5, 5.41) is -0.104. The second-order valence-electron chi connectivity index (χ2n) is 5.63. The highest BCUT2D eigenvalue weighted by Gasteiger charge is 2.21. The molecule has 0 aliphatic heterocycles. The van der Waals surface area contributed by atoms with Crippen molar-refractivity contribution in [2.24, 2.45) is 0 Å². The fourth-order valence-corrected chi connectivity index (χ4v) is 3.76. The SMILES string of the molecule is COc1ccc(C(=O)CC(Sc2ccccc2)c2ccco2)cc1OC. The molecule has 0 amide bonds. The Labute approximate surface area is 157 Å². The van der Waals surface area contributed by atoms with Gasteiger partial charge in [-0.25, -0.2) is 0 Å². The number of Topliss-reactive ketones (excluding diaryl/α,β-unsaturated/α-hetero) is 1. The molecule has 0 fully saturated rings. The first kappa shape index (κ1) is 18.1. The molecule has 2 aromatic carbocycles. The molecule has 26 heavy (non-hydrogen) atoms. The normalized spacial score (nSPS) is 11.8. The summed E-state index contributed by atoms with van der Waals surface area (Å²) in [6.07, 6.45) is 1.96. The summed E-state index contributed by atoms with van der Waals surface area (Å²) in [6, 6.07) is 19.0. The van der Waals surface area contributed by atoms with Gasteiger partial charge in [-0.1, -0.05) is 18.2 Å². The zero-order chi connectivity index (χ0) is 18.4. The van der Waals surface area contributed by atoms with Crippen molar-refractivity contribution in [1.29, 1.82) is 0 Å². The van der Waals surface area contributed by atoms with Crippen LogP contribution in [0.1, 0.15) is 27.8 Å². The van der Waals surface area contributed by atoms with Crippen LogP contribution in [-0.2, 0) is 0 Å².